The molecule has 0 unspecified atom stereocenters. The van der Waals surface area contributed by atoms with Crippen LogP contribution < -0.4 is 0 Å². The number of fused-ring (bicyclic) bond motifs is 1. The molecule has 0 radical (unpaired) electrons. The molecule has 0 spiro atoms. The van der Waals surface area contributed by atoms with Crippen LogP contribution in [-0.2, 0) is 0 Å². The first-order chi connectivity index (χ1) is 12.2. The van der Waals surface area contributed by atoms with E-state index in [1.807, 2.05) is 48.5 Å². The number of benzene rings is 2. The summed E-state index contributed by atoms with van der Waals surface area (Å²) in [4.78, 5) is 28.9. The van der Waals surface area contributed by atoms with Crippen molar-refractivity contribution in [2.24, 2.45) is 0 Å². The summed E-state index contributed by atoms with van der Waals surface area (Å²) in [6, 6.07) is 14.8. The van der Waals surface area contributed by atoms with Gasteiger partial charge in [-0.05, 0) is 18.2 Å². The average Bonchev–Trinajstić information content (AvgIpc) is 3.16. The average molecular weight is 334 g/mol. The number of piperazine rings is 1. The van der Waals surface area contributed by atoms with E-state index in [9.17, 15) is 9.59 Å². The zero-order valence-corrected chi connectivity index (χ0v) is 13.7. The first-order valence-corrected chi connectivity index (χ1v) is 8.30. The highest BCUT2D eigenvalue weighted by atomic mass is 16.2. The molecule has 1 saturated heterocycles. The van der Waals surface area contributed by atoms with Crippen LogP contribution in [-0.4, -0.2) is 58.0 Å². The van der Waals surface area contributed by atoms with Gasteiger partial charge in [-0.3, -0.25) is 14.7 Å². The normalized spacial score (nSPS) is 14.7. The number of hydrogen-bond acceptors (Lipinski definition) is 3. The van der Waals surface area contributed by atoms with E-state index in [0.29, 0.717) is 37.3 Å². The van der Waals surface area contributed by atoms with Crippen LogP contribution in [0.5, 0.6) is 0 Å². The van der Waals surface area contributed by atoms with Gasteiger partial charge in [-0.15, -0.1) is 0 Å². The number of hydrogen-bond donors (Lipinski definition) is 1. The number of amides is 2. The van der Waals surface area contributed by atoms with E-state index in [0.717, 1.165) is 10.9 Å². The summed E-state index contributed by atoms with van der Waals surface area (Å²) in [5.74, 6) is -0.00923. The molecule has 126 valence electrons. The van der Waals surface area contributed by atoms with Gasteiger partial charge in [0.15, 0.2) is 0 Å². The lowest BCUT2D eigenvalue weighted by Gasteiger charge is -2.35. The number of rotatable bonds is 2. The van der Waals surface area contributed by atoms with Crippen molar-refractivity contribution in [3.8, 4) is 0 Å². The molecule has 1 fully saturated rings. The summed E-state index contributed by atoms with van der Waals surface area (Å²) in [6.45, 7) is 2.14. The van der Waals surface area contributed by atoms with Gasteiger partial charge in [-0.1, -0.05) is 30.3 Å². The second kappa shape index (κ2) is 6.39. The molecule has 3 aromatic rings. The Balaban J connectivity index is 1.46. The van der Waals surface area contributed by atoms with Crippen LogP contribution in [0.15, 0.2) is 54.7 Å². The summed E-state index contributed by atoms with van der Waals surface area (Å²) < 4.78 is 0. The first-order valence-electron chi connectivity index (χ1n) is 8.30. The molecule has 4 rings (SSSR count). The number of carbonyl (C=O) groups is 2. The maximum Gasteiger partial charge on any atom is 0.256 e. The minimum absolute atomic E-state index is 0.0170. The molecule has 6 heteroatoms. The molecule has 0 aliphatic carbocycles. The summed E-state index contributed by atoms with van der Waals surface area (Å²) in [5.41, 5.74) is 2.07. The van der Waals surface area contributed by atoms with Gasteiger partial charge < -0.3 is 9.80 Å². The van der Waals surface area contributed by atoms with E-state index in [2.05, 4.69) is 10.2 Å². The Kier molecular flexibility index (Phi) is 3.93. The van der Waals surface area contributed by atoms with E-state index in [1.165, 1.54) is 0 Å². The highest BCUT2D eigenvalue weighted by Crippen LogP contribution is 2.18. The number of carbonyl (C=O) groups excluding carboxylic acids is 2. The number of para-hydroxylation sites is 1. The van der Waals surface area contributed by atoms with E-state index in [1.54, 1.807) is 16.0 Å². The monoisotopic (exact) mass is 334 g/mol. The molecule has 2 amide bonds. The molecule has 2 aromatic carbocycles. The zero-order valence-electron chi connectivity index (χ0n) is 13.7. The third kappa shape index (κ3) is 2.87. The molecule has 0 saturated carbocycles. The smallest absolute Gasteiger partial charge is 0.256 e. The summed E-state index contributed by atoms with van der Waals surface area (Å²) in [6.07, 6.45) is 1.71. The molecule has 6 nitrogen and oxygen atoms in total. The lowest BCUT2D eigenvalue weighted by atomic mass is 10.1. The molecular formula is C19H18N4O2. The van der Waals surface area contributed by atoms with Gasteiger partial charge in [-0.2, -0.15) is 5.10 Å². The molecule has 1 N–H and O–H groups in total. The summed E-state index contributed by atoms with van der Waals surface area (Å²) in [5, 5.41) is 7.82. The van der Waals surface area contributed by atoms with Gasteiger partial charge >= 0.3 is 0 Å². The van der Waals surface area contributed by atoms with Crippen LogP contribution >= 0.6 is 0 Å². The zero-order chi connectivity index (χ0) is 17.2. The molecule has 1 aliphatic heterocycles. The van der Waals surface area contributed by atoms with Gasteiger partial charge in [0.1, 0.15) is 0 Å². The Hall–Kier alpha value is -3.15. The highest BCUT2D eigenvalue weighted by molar-refractivity contribution is 6.05. The second-order valence-electron chi connectivity index (χ2n) is 6.09. The van der Waals surface area contributed by atoms with Crippen molar-refractivity contribution in [3.05, 3.63) is 65.9 Å². The lowest BCUT2D eigenvalue weighted by Crippen LogP contribution is -2.50. The van der Waals surface area contributed by atoms with Gasteiger partial charge in [-0.25, -0.2) is 0 Å². The van der Waals surface area contributed by atoms with Crippen LogP contribution in [0.2, 0.25) is 0 Å². The molecule has 1 aromatic heterocycles. The Morgan fingerprint density at radius 1 is 0.840 bits per heavy atom. The van der Waals surface area contributed by atoms with Crippen molar-refractivity contribution in [1.82, 2.24) is 20.0 Å². The van der Waals surface area contributed by atoms with E-state index in [-0.39, 0.29) is 11.8 Å². The Morgan fingerprint density at radius 3 is 2.24 bits per heavy atom. The maximum absolute atomic E-state index is 12.8. The Morgan fingerprint density at radius 2 is 1.52 bits per heavy atom. The fraction of sp³-hybridized carbons (Fsp3) is 0.211. The van der Waals surface area contributed by atoms with Crippen molar-refractivity contribution in [1.29, 1.82) is 0 Å². The Labute approximate surface area is 145 Å². The van der Waals surface area contributed by atoms with Crippen LogP contribution in [0.3, 0.4) is 0 Å². The fourth-order valence-electron chi connectivity index (χ4n) is 3.19. The topological polar surface area (TPSA) is 69.3 Å². The fourth-order valence-corrected chi connectivity index (χ4v) is 3.19. The van der Waals surface area contributed by atoms with Crippen molar-refractivity contribution in [2.75, 3.05) is 26.2 Å². The quantitative estimate of drug-likeness (QED) is 0.781. The van der Waals surface area contributed by atoms with E-state index >= 15 is 0 Å². The molecule has 25 heavy (non-hydrogen) atoms. The highest BCUT2D eigenvalue weighted by Gasteiger charge is 2.26. The SMILES string of the molecule is O=C(c1ccccc1)N1CCN(C(=O)c2cccc3cn[nH]c23)CC1. The first kappa shape index (κ1) is 15.4. The largest absolute Gasteiger partial charge is 0.335 e. The maximum atomic E-state index is 12.8. The predicted octanol–water partition coefficient (Wildman–Crippen LogP) is 2.16. The van der Waals surface area contributed by atoms with Gasteiger partial charge in [0.25, 0.3) is 11.8 Å². The second-order valence-corrected chi connectivity index (χ2v) is 6.09. The number of aromatic nitrogens is 2. The van der Waals surface area contributed by atoms with Gasteiger partial charge in [0.2, 0.25) is 0 Å². The number of aromatic amines is 1. The molecule has 2 heterocycles. The summed E-state index contributed by atoms with van der Waals surface area (Å²) >= 11 is 0. The summed E-state index contributed by atoms with van der Waals surface area (Å²) in [7, 11) is 0. The lowest BCUT2D eigenvalue weighted by molar-refractivity contribution is 0.0536. The van der Waals surface area contributed by atoms with Gasteiger partial charge in [0.05, 0.1) is 17.3 Å². The van der Waals surface area contributed by atoms with Crippen molar-refractivity contribution in [2.45, 2.75) is 0 Å². The van der Waals surface area contributed by atoms with Crippen LogP contribution in [0.4, 0.5) is 0 Å². The standard InChI is InChI=1S/C19H18N4O2/c24-18(14-5-2-1-3-6-14)22-9-11-23(12-10-22)19(25)16-8-4-7-15-13-20-21-17(15)16/h1-8,13H,9-12H2,(H,20,21). The van der Waals surface area contributed by atoms with Gasteiger partial charge in [0, 0.05) is 37.1 Å². The minimum Gasteiger partial charge on any atom is -0.335 e. The van der Waals surface area contributed by atoms with Crippen LogP contribution in [0.1, 0.15) is 20.7 Å². The number of nitrogens with zero attached hydrogens (tertiary/aromatic N) is 3. The molecule has 0 atom stereocenters. The molecular weight excluding hydrogens is 316 g/mol. The van der Waals surface area contributed by atoms with E-state index < -0.39 is 0 Å². The predicted molar refractivity (Wildman–Crippen MR) is 94.3 cm³/mol. The third-order valence-electron chi connectivity index (χ3n) is 4.58. The number of H-pyrrole nitrogens is 1. The minimum atomic E-state index is -0.0262. The van der Waals surface area contributed by atoms with Crippen molar-refractivity contribution < 1.29 is 9.59 Å². The molecule has 0 bridgehead atoms. The van der Waals surface area contributed by atoms with Crippen LogP contribution in [0, 0.1) is 0 Å². The molecule has 1 aliphatic rings. The number of nitrogens with one attached hydrogen (secondary N) is 1. The van der Waals surface area contributed by atoms with Crippen molar-refractivity contribution >= 4 is 22.7 Å². The van der Waals surface area contributed by atoms with E-state index in [4.69, 9.17) is 0 Å². The Bertz CT molecular complexity index is 911. The van der Waals surface area contributed by atoms with Crippen LogP contribution in [0.25, 0.3) is 10.9 Å². The van der Waals surface area contributed by atoms with Crippen molar-refractivity contribution in [3.63, 3.8) is 0 Å². The third-order valence-corrected chi connectivity index (χ3v) is 4.58.